The molecule has 0 saturated heterocycles. The van der Waals surface area contributed by atoms with Crippen molar-refractivity contribution in [3.05, 3.63) is 35.9 Å². The van der Waals surface area contributed by atoms with E-state index in [9.17, 15) is 9.90 Å². The Labute approximate surface area is 140 Å². The first-order valence-electron chi connectivity index (χ1n) is 8.27. The number of aliphatic hydroxyl groups is 1. The van der Waals surface area contributed by atoms with E-state index in [-0.39, 0.29) is 12.1 Å². The van der Waals surface area contributed by atoms with Crippen LogP contribution in [0, 0.1) is 5.41 Å². The van der Waals surface area contributed by atoms with Gasteiger partial charge in [0.05, 0.1) is 0 Å². The molecule has 130 valence electrons. The number of ether oxygens (including phenoxy) is 1. The molecule has 0 fully saturated rings. The molecule has 0 radical (unpaired) electrons. The van der Waals surface area contributed by atoms with E-state index in [1.54, 1.807) is 4.90 Å². The van der Waals surface area contributed by atoms with Gasteiger partial charge in [-0.25, -0.2) is 4.79 Å². The molecular formula is C19H31NO3. The van der Waals surface area contributed by atoms with Crippen LogP contribution in [0.3, 0.4) is 0 Å². The molecule has 23 heavy (non-hydrogen) atoms. The number of benzene rings is 1. The largest absolute Gasteiger partial charge is 0.438 e. The predicted octanol–water partition coefficient (Wildman–Crippen LogP) is 4.39. The zero-order valence-electron chi connectivity index (χ0n) is 15.4. The third kappa shape index (κ3) is 5.24. The summed E-state index contributed by atoms with van der Waals surface area (Å²) in [7, 11) is 0. The highest BCUT2D eigenvalue weighted by Gasteiger charge is 2.36. The molecule has 4 heteroatoms. The summed E-state index contributed by atoms with van der Waals surface area (Å²) in [6.45, 7) is 13.6. The lowest BCUT2D eigenvalue weighted by atomic mass is 9.83. The van der Waals surface area contributed by atoms with E-state index in [1.165, 1.54) is 0 Å². The van der Waals surface area contributed by atoms with E-state index in [0.717, 1.165) is 5.56 Å². The van der Waals surface area contributed by atoms with Gasteiger partial charge in [0.1, 0.15) is 6.10 Å². The van der Waals surface area contributed by atoms with E-state index >= 15 is 0 Å². The molecule has 0 unspecified atom stereocenters. The normalized spacial score (nSPS) is 14.7. The van der Waals surface area contributed by atoms with Crippen LogP contribution in [0.1, 0.15) is 60.1 Å². The Morgan fingerprint density at radius 2 is 1.52 bits per heavy atom. The first-order valence-corrected chi connectivity index (χ1v) is 8.27. The first-order chi connectivity index (χ1) is 10.6. The van der Waals surface area contributed by atoms with Crippen molar-refractivity contribution in [1.29, 1.82) is 0 Å². The maximum Gasteiger partial charge on any atom is 0.410 e. The molecule has 0 aliphatic heterocycles. The summed E-state index contributed by atoms with van der Waals surface area (Å²) in [4.78, 5) is 14.3. The second-order valence-corrected chi connectivity index (χ2v) is 7.62. The lowest BCUT2D eigenvalue weighted by Crippen LogP contribution is -2.45. The van der Waals surface area contributed by atoms with Gasteiger partial charge >= 0.3 is 6.09 Å². The van der Waals surface area contributed by atoms with Gasteiger partial charge in [-0.05, 0) is 38.7 Å². The monoisotopic (exact) mass is 321 g/mol. The third-order valence-electron chi connectivity index (χ3n) is 3.85. The quantitative estimate of drug-likeness (QED) is 0.875. The Kier molecular flexibility index (Phi) is 6.63. The van der Waals surface area contributed by atoms with Crippen LogP contribution >= 0.6 is 0 Å². The number of nitrogens with zero attached hydrogens (tertiary/aromatic N) is 1. The Hall–Kier alpha value is -1.55. The van der Waals surface area contributed by atoms with Crippen LogP contribution in [0.15, 0.2) is 30.3 Å². The van der Waals surface area contributed by atoms with E-state index in [1.807, 2.05) is 78.8 Å². The minimum Gasteiger partial charge on any atom is -0.438 e. The molecule has 2 atom stereocenters. The third-order valence-corrected chi connectivity index (χ3v) is 3.85. The lowest BCUT2D eigenvalue weighted by molar-refractivity contribution is -0.0646. The fraction of sp³-hybridized carbons (Fsp3) is 0.632. The molecule has 0 aromatic heterocycles. The second-order valence-electron chi connectivity index (χ2n) is 7.62. The first kappa shape index (κ1) is 19.5. The van der Waals surface area contributed by atoms with Crippen LogP contribution in [0.4, 0.5) is 4.79 Å². The van der Waals surface area contributed by atoms with Gasteiger partial charge in [-0.2, -0.15) is 0 Å². The van der Waals surface area contributed by atoms with Crippen LogP contribution in [0.5, 0.6) is 0 Å². The van der Waals surface area contributed by atoms with Crippen LogP contribution < -0.4 is 0 Å². The van der Waals surface area contributed by atoms with Gasteiger partial charge in [0.25, 0.3) is 0 Å². The zero-order chi connectivity index (χ0) is 17.8. The van der Waals surface area contributed by atoms with E-state index in [2.05, 4.69) is 0 Å². The Bertz CT molecular complexity index is 483. The van der Waals surface area contributed by atoms with Crippen molar-refractivity contribution in [3.8, 4) is 0 Å². The van der Waals surface area contributed by atoms with Crippen LogP contribution in [0.25, 0.3) is 0 Å². The van der Waals surface area contributed by atoms with Crippen molar-refractivity contribution < 1.29 is 14.6 Å². The van der Waals surface area contributed by atoms with E-state index in [0.29, 0.717) is 0 Å². The van der Waals surface area contributed by atoms with E-state index in [4.69, 9.17) is 4.74 Å². The fourth-order valence-electron chi connectivity index (χ4n) is 2.60. The van der Waals surface area contributed by atoms with Crippen LogP contribution in [0.2, 0.25) is 0 Å². The van der Waals surface area contributed by atoms with Gasteiger partial charge in [-0.1, -0.05) is 51.1 Å². The van der Waals surface area contributed by atoms with Gasteiger partial charge in [-0.3, -0.25) is 0 Å². The SMILES string of the molecule is CC(C)N(C(=O)O[C@H](c1ccccc1)[C@@H](O)C(C)(C)C)C(C)C. The summed E-state index contributed by atoms with van der Waals surface area (Å²) < 4.78 is 5.75. The Morgan fingerprint density at radius 1 is 1.04 bits per heavy atom. The predicted molar refractivity (Wildman–Crippen MR) is 93.2 cm³/mol. The van der Waals surface area contributed by atoms with Gasteiger partial charge in [0.15, 0.2) is 6.10 Å². The smallest absolute Gasteiger partial charge is 0.410 e. The summed E-state index contributed by atoms with van der Waals surface area (Å²) in [5, 5.41) is 10.7. The fourth-order valence-corrected chi connectivity index (χ4v) is 2.60. The second kappa shape index (κ2) is 7.82. The standard InChI is InChI=1S/C19H31NO3/c1-13(2)20(14(3)4)18(22)23-16(17(21)19(5,6)7)15-11-9-8-10-12-15/h8-14,16-17,21H,1-7H3/t16-,17-/m1/s1. The average molecular weight is 321 g/mol. The molecular weight excluding hydrogens is 290 g/mol. The number of carbonyl (C=O) groups is 1. The highest BCUT2D eigenvalue weighted by Crippen LogP contribution is 2.33. The van der Waals surface area contributed by atoms with Crippen molar-refractivity contribution >= 4 is 6.09 Å². The summed E-state index contributed by atoms with van der Waals surface area (Å²) >= 11 is 0. The average Bonchev–Trinajstić information content (AvgIpc) is 2.43. The summed E-state index contributed by atoms with van der Waals surface area (Å²) in [5.74, 6) is 0. The summed E-state index contributed by atoms with van der Waals surface area (Å²) in [6.07, 6.45) is -1.88. The molecule has 0 spiro atoms. The van der Waals surface area contributed by atoms with E-state index < -0.39 is 23.7 Å². The van der Waals surface area contributed by atoms with Crippen molar-refractivity contribution in [2.75, 3.05) is 0 Å². The maximum absolute atomic E-state index is 12.6. The molecule has 1 aromatic rings. The molecule has 0 aliphatic rings. The maximum atomic E-state index is 12.6. The van der Waals surface area contributed by atoms with Crippen LogP contribution in [-0.2, 0) is 4.74 Å². The number of amides is 1. The number of hydrogen-bond acceptors (Lipinski definition) is 3. The molecule has 1 N–H and O–H groups in total. The Balaban J connectivity index is 3.09. The molecule has 0 saturated carbocycles. The van der Waals surface area contributed by atoms with Gasteiger partial charge in [0, 0.05) is 12.1 Å². The van der Waals surface area contributed by atoms with Gasteiger partial charge in [0.2, 0.25) is 0 Å². The lowest BCUT2D eigenvalue weighted by Gasteiger charge is -2.36. The number of aliphatic hydroxyl groups excluding tert-OH is 1. The Morgan fingerprint density at radius 3 is 1.91 bits per heavy atom. The minimum atomic E-state index is -0.796. The molecule has 0 heterocycles. The van der Waals surface area contributed by atoms with Crippen LogP contribution in [-0.4, -0.2) is 34.3 Å². The summed E-state index contributed by atoms with van der Waals surface area (Å²) in [6, 6.07) is 9.49. The topological polar surface area (TPSA) is 49.8 Å². The molecule has 0 aliphatic carbocycles. The molecule has 0 bridgehead atoms. The number of hydrogen-bond donors (Lipinski definition) is 1. The highest BCUT2D eigenvalue weighted by molar-refractivity contribution is 5.68. The van der Waals surface area contributed by atoms with Gasteiger partial charge in [-0.15, -0.1) is 0 Å². The van der Waals surface area contributed by atoms with Crippen molar-refractivity contribution in [1.82, 2.24) is 4.90 Å². The molecule has 4 nitrogen and oxygen atoms in total. The van der Waals surface area contributed by atoms with Crippen molar-refractivity contribution in [2.45, 2.75) is 72.8 Å². The number of rotatable bonds is 5. The molecule has 1 rings (SSSR count). The number of carbonyl (C=O) groups excluding carboxylic acids is 1. The summed E-state index contributed by atoms with van der Waals surface area (Å²) in [5.41, 5.74) is 0.400. The molecule has 1 amide bonds. The van der Waals surface area contributed by atoms with Crippen molar-refractivity contribution in [2.24, 2.45) is 5.41 Å². The molecule has 1 aromatic carbocycles. The van der Waals surface area contributed by atoms with Crippen molar-refractivity contribution in [3.63, 3.8) is 0 Å². The minimum absolute atomic E-state index is 0.0331. The zero-order valence-corrected chi connectivity index (χ0v) is 15.4. The van der Waals surface area contributed by atoms with Gasteiger partial charge < -0.3 is 14.7 Å². The highest BCUT2D eigenvalue weighted by atomic mass is 16.6.